The van der Waals surface area contributed by atoms with Gasteiger partial charge in [0.25, 0.3) is 0 Å². The Labute approximate surface area is 248 Å². The summed E-state index contributed by atoms with van der Waals surface area (Å²) in [5.41, 5.74) is 5.16. The molecule has 0 aromatic heterocycles. The van der Waals surface area contributed by atoms with Crippen LogP contribution in [-0.2, 0) is 0 Å². The minimum absolute atomic E-state index is 0.0272. The van der Waals surface area contributed by atoms with Crippen LogP contribution in [0.2, 0.25) is 0 Å². The summed E-state index contributed by atoms with van der Waals surface area (Å²) in [6.45, 7) is 10.9. The summed E-state index contributed by atoms with van der Waals surface area (Å²) >= 11 is 0. The predicted molar refractivity (Wildman–Crippen MR) is 170 cm³/mol. The molecule has 2 aliphatic rings. The maximum atomic E-state index is 9.25. The van der Waals surface area contributed by atoms with E-state index in [-0.39, 0.29) is 13.2 Å². The van der Waals surface area contributed by atoms with Gasteiger partial charge in [-0.2, -0.15) is 0 Å². The first-order chi connectivity index (χ1) is 20.0. The molecule has 0 saturated heterocycles. The van der Waals surface area contributed by atoms with Crippen LogP contribution in [0.5, 0.6) is 11.5 Å². The lowest BCUT2D eigenvalue weighted by Gasteiger charge is -2.38. The highest BCUT2D eigenvalue weighted by Crippen LogP contribution is 2.44. The summed E-state index contributed by atoms with van der Waals surface area (Å²) in [7, 11) is 0. The highest BCUT2D eigenvalue weighted by Gasteiger charge is 2.31. The predicted octanol–water partition coefficient (Wildman–Crippen LogP) is 8.87. The smallest absolute Gasteiger partial charge is 0.123 e. The first-order valence-corrected chi connectivity index (χ1v) is 16.0. The van der Waals surface area contributed by atoms with Gasteiger partial charge in [0.2, 0.25) is 0 Å². The van der Waals surface area contributed by atoms with Gasteiger partial charge in [0.15, 0.2) is 0 Å². The van der Waals surface area contributed by atoms with Gasteiger partial charge in [0.1, 0.15) is 11.5 Å². The number of rotatable bonds is 15. The molecular weight excluding hydrogens is 508 g/mol. The summed E-state index contributed by atoms with van der Waals surface area (Å²) < 4.78 is 12.0. The van der Waals surface area contributed by atoms with Crippen molar-refractivity contribution in [3.63, 3.8) is 0 Å². The third-order valence-corrected chi connectivity index (χ3v) is 9.52. The molecule has 2 saturated carbocycles. The van der Waals surface area contributed by atoms with Crippen LogP contribution in [0, 0.1) is 17.8 Å². The molecule has 2 aromatic rings. The van der Waals surface area contributed by atoms with Crippen molar-refractivity contribution in [2.24, 2.45) is 17.8 Å². The van der Waals surface area contributed by atoms with Gasteiger partial charge < -0.3 is 19.7 Å². The van der Waals surface area contributed by atoms with E-state index in [4.69, 9.17) is 9.47 Å². The largest absolute Gasteiger partial charge is 0.493 e. The molecular formula is C37H52O4. The van der Waals surface area contributed by atoms with Crippen molar-refractivity contribution < 1.29 is 19.7 Å². The molecule has 0 aliphatic heterocycles. The highest BCUT2D eigenvalue weighted by molar-refractivity contribution is 5.67. The molecule has 0 radical (unpaired) electrons. The van der Waals surface area contributed by atoms with Crippen molar-refractivity contribution in [3.8, 4) is 22.6 Å². The van der Waals surface area contributed by atoms with E-state index in [2.05, 4.69) is 56.5 Å². The third-order valence-electron chi connectivity index (χ3n) is 9.52. The third kappa shape index (κ3) is 9.48. The lowest BCUT2D eigenvalue weighted by Crippen LogP contribution is -2.25. The first-order valence-electron chi connectivity index (χ1n) is 16.0. The van der Waals surface area contributed by atoms with Gasteiger partial charge in [-0.3, -0.25) is 0 Å². The van der Waals surface area contributed by atoms with Gasteiger partial charge in [-0.05, 0) is 102 Å². The van der Waals surface area contributed by atoms with Crippen LogP contribution in [0.1, 0.15) is 95.5 Å². The molecule has 2 fully saturated rings. The fourth-order valence-electron chi connectivity index (χ4n) is 6.92. The maximum Gasteiger partial charge on any atom is 0.123 e. The van der Waals surface area contributed by atoms with Crippen LogP contribution in [0.4, 0.5) is 0 Å². The number of aliphatic hydroxyl groups is 2. The van der Waals surface area contributed by atoms with E-state index in [1.165, 1.54) is 69.8 Å². The molecule has 41 heavy (non-hydrogen) atoms. The lowest BCUT2D eigenvalue weighted by atomic mass is 9.68. The van der Waals surface area contributed by atoms with E-state index in [0.29, 0.717) is 32.0 Å². The molecule has 4 nitrogen and oxygen atoms in total. The van der Waals surface area contributed by atoms with Gasteiger partial charge in [0.05, 0.1) is 26.4 Å². The standard InChI is InChI=1S/C37H52O4/c1-4-5-29-6-8-30(9-7-29)31-10-12-32(13-11-31)33-14-16-34(17-15-33)35-22-36(40-20-18-27(2)25-38)24-37(23-35)41-21-19-28(3)26-39/h14-17,22-24,29-32,38-39H,2-13,18-21,25-26H2,1H3. The van der Waals surface area contributed by atoms with Crippen molar-refractivity contribution in [2.45, 2.75) is 89.9 Å². The monoisotopic (exact) mass is 560 g/mol. The molecule has 0 unspecified atom stereocenters. The van der Waals surface area contributed by atoms with Gasteiger partial charge in [0, 0.05) is 18.9 Å². The zero-order chi connectivity index (χ0) is 29.0. The summed E-state index contributed by atoms with van der Waals surface area (Å²) in [5.74, 6) is 5.05. The molecule has 2 aromatic carbocycles. The molecule has 0 amide bonds. The topological polar surface area (TPSA) is 58.9 Å². The molecule has 2 aliphatic carbocycles. The number of hydrogen-bond acceptors (Lipinski definition) is 4. The molecule has 224 valence electrons. The van der Waals surface area contributed by atoms with E-state index >= 15 is 0 Å². The summed E-state index contributed by atoms with van der Waals surface area (Å²) in [6, 6.07) is 15.1. The molecule has 4 rings (SSSR count). The number of benzene rings is 2. The van der Waals surface area contributed by atoms with E-state index in [9.17, 15) is 10.2 Å². The summed E-state index contributed by atoms with van der Waals surface area (Å²) in [5, 5.41) is 18.5. The zero-order valence-corrected chi connectivity index (χ0v) is 25.3. The van der Waals surface area contributed by atoms with E-state index in [1.807, 2.05) is 6.07 Å². The van der Waals surface area contributed by atoms with Crippen LogP contribution in [0.3, 0.4) is 0 Å². The summed E-state index contributed by atoms with van der Waals surface area (Å²) in [4.78, 5) is 0. The quantitative estimate of drug-likeness (QED) is 0.214. The molecule has 0 heterocycles. The van der Waals surface area contributed by atoms with Gasteiger partial charge in [-0.1, -0.05) is 70.0 Å². The Bertz CT molecular complexity index is 1050. The average molecular weight is 561 g/mol. The molecule has 4 heteroatoms. The second kappa shape index (κ2) is 16.2. The zero-order valence-electron chi connectivity index (χ0n) is 25.3. The first kappa shape index (κ1) is 31.4. The van der Waals surface area contributed by atoms with Crippen LogP contribution in [0.25, 0.3) is 11.1 Å². The van der Waals surface area contributed by atoms with Crippen molar-refractivity contribution in [3.05, 3.63) is 72.3 Å². The van der Waals surface area contributed by atoms with Gasteiger partial charge in [-0.15, -0.1) is 0 Å². The minimum atomic E-state index is -0.0272. The number of aliphatic hydroxyl groups excluding tert-OH is 2. The maximum absolute atomic E-state index is 9.25. The Morgan fingerprint density at radius 2 is 1.22 bits per heavy atom. The van der Waals surface area contributed by atoms with E-state index < -0.39 is 0 Å². The highest BCUT2D eigenvalue weighted by atomic mass is 16.5. The van der Waals surface area contributed by atoms with Crippen LogP contribution in [0.15, 0.2) is 66.8 Å². The minimum Gasteiger partial charge on any atom is -0.493 e. The SMILES string of the molecule is C=C(CO)CCOc1cc(OCCC(=C)CO)cc(-c2ccc(C3CCC(C4CCC(CCC)CC4)CC3)cc2)c1. The molecule has 0 atom stereocenters. The van der Waals surface area contributed by atoms with Crippen LogP contribution >= 0.6 is 0 Å². The number of ether oxygens (including phenoxy) is 2. The lowest BCUT2D eigenvalue weighted by molar-refractivity contribution is 0.156. The Kier molecular flexibility index (Phi) is 12.4. The summed E-state index contributed by atoms with van der Waals surface area (Å²) in [6.07, 6.45) is 15.3. The van der Waals surface area contributed by atoms with Gasteiger partial charge in [-0.25, -0.2) is 0 Å². The fraction of sp³-hybridized carbons (Fsp3) is 0.568. The van der Waals surface area contributed by atoms with Crippen molar-refractivity contribution in [1.29, 1.82) is 0 Å². The molecule has 2 N–H and O–H groups in total. The molecule has 0 bridgehead atoms. The van der Waals surface area contributed by atoms with Crippen molar-refractivity contribution >= 4 is 0 Å². The molecule has 0 spiro atoms. The van der Waals surface area contributed by atoms with E-state index in [0.717, 1.165) is 51.5 Å². The van der Waals surface area contributed by atoms with Crippen molar-refractivity contribution in [2.75, 3.05) is 26.4 Å². The van der Waals surface area contributed by atoms with Crippen LogP contribution in [-0.4, -0.2) is 36.6 Å². The Balaban J connectivity index is 1.37. The Hall–Kier alpha value is -2.56. The van der Waals surface area contributed by atoms with E-state index in [1.54, 1.807) is 0 Å². The van der Waals surface area contributed by atoms with Gasteiger partial charge >= 0.3 is 0 Å². The fourth-order valence-corrected chi connectivity index (χ4v) is 6.92. The number of hydrogen-bond donors (Lipinski definition) is 2. The second-order valence-electron chi connectivity index (χ2n) is 12.5. The normalized spacial score (nSPS) is 22.7. The van der Waals surface area contributed by atoms with Crippen molar-refractivity contribution in [1.82, 2.24) is 0 Å². The Morgan fingerprint density at radius 3 is 1.71 bits per heavy atom. The average Bonchev–Trinajstić information content (AvgIpc) is 3.01. The second-order valence-corrected chi connectivity index (χ2v) is 12.5. The van der Waals surface area contributed by atoms with Crippen LogP contribution < -0.4 is 9.47 Å². The Morgan fingerprint density at radius 1 is 0.707 bits per heavy atom.